The molecule has 0 aliphatic rings. The maximum atomic E-state index is 12.8. The largest absolute Gasteiger partial charge is 0.480 e. The van der Waals surface area contributed by atoms with Gasteiger partial charge in [0.1, 0.15) is 11.8 Å². The Kier molecular flexibility index (Phi) is 7.01. The number of fused-ring (bicyclic) bond motifs is 1. The molecule has 0 fully saturated rings. The zero-order chi connectivity index (χ0) is 24.2. The number of carboxylic acids is 1. The molecule has 0 aliphatic heterocycles. The molecule has 8 heteroatoms. The van der Waals surface area contributed by atoms with Crippen LogP contribution in [0.15, 0.2) is 78.9 Å². The zero-order valence-corrected chi connectivity index (χ0v) is 19.5. The quantitative estimate of drug-likeness (QED) is 0.313. The number of para-hydroxylation sites is 1. The van der Waals surface area contributed by atoms with Gasteiger partial charge in [0.15, 0.2) is 0 Å². The Bertz CT molecular complexity index is 1340. The first-order chi connectivity index (χ1) is 16.3. The van der Waals surface area contributed by atoms with Gasteiger partial charge in [0, 0.05) is 17.4 Å². The molecule has 0 radical (unpaired) electrons. The highest BCUT2D eigenvalue weighted by Gasteiger charge is 2.29. The van der Waals surface area contributed by atoms with Crippen molar-refractivity contribution in [2.24, 2.45) is 0 Å². The number of nitrogens with zero attached hydrogens (tertiary/aromatic N) is 1. The topological polar surface area (TPSA) is 88.5 Å². The molecule has 6 nitrogen and oxygen atoms in total. The van der Waals surface area contributed by atoms with E-state index in [1.165, 1.54) is 12.1 Å². The summed E-state index contributed by atoms with van der Waals surface area (Å²) in [5.41, 5.74) is 1.46. The molecule has 0 aliphatic carbocycles. The van der Waals surface area contributed by atoms with Crippen molar-refractivity contribution < 1.29 is 19.4 Å². The van der Waals surface area contributed by atoms with Gasteiger partial charge in [-0.1, -0.05) is 60.5 Å². The number of amides is 1. The van der Waals surface area contributed by atoms with E-state index in [1.54, 1.807) is 31.2 Å². The van der Waals surface area contributed by atoms with Crippen molar-refractivity contribution in [1.82, 2.24) is 10.3 Å². The average molecular weight is 495 g/mol. The Morgan fingerprint density at radius 3 is 2.32 bits per heavy atom. The Morgan fingerprint density at radius 1 is 0.941 bits per heavy atom. The highest BCUT2D eigenvalue weighted by molar-refractivity contribution is 6.39. The normalized spacial score (nSPS) is 12.7. The minimum atomic E-state index is -1.20. The monoisotopic (exact) mass is 494 g/mol. The molecule has 0 saturated carbocycles. The summed E-state index contributed by atoms with van der Waals surface area (Å²) in [6.07, 6.45) is 0. The molecule has 172 valence electrons. The molecule has 34 heavy (non-hydrogen) atoms. The van der Waals surface area contributed by atoms with Gasteiger partial charge in [-0.15, -0.1) is 0 Å². The number of aliphatic carboxylic acids is 1. The van der Waals surface area contributed by atoms with Crippen LogP contribution in [0.2, 0.25) is 10.0 Å². The van der Waals surface area contributed by atoms with Crippen molar-refractivity contribution >= 4 is 46.0 Å². The third kappa shape index (κ3) is 5.14. The van der Waals surface area contributed by atoms with Crippen LogP contribution in [0.5, 0.6) is 11.6 Å². The van der Waals surface area contributed by atoms with Crippen molar-refractivity contribution in [3.05, 3.63) is 100 Å². The van der Waals surface area contributed by atoms with Crippen LogP contribution in [-0.2, 0) is 4.79 Å². The number of carbonyl (C=O) groups is 2. The Morgan fingerprint density at radius 2 is 1.65 bits per heavy atom. The predicted molar refractivity (Wildman–Crippen MR) is 132 cm³/mol. The summed E-state index contributed by atoms with van der Waals surface area (Å²) in [7, 11) is 0. The first-order valence-electron chi connectivity index (χ1n) is 10.4. The Balaban J connectivity index is 1.57. The van der Waals surface area contributed by atoms with Gasteiger partial charge >= 0.3 is 5.97 Å². The number of benzene rings is 3. The van der Waals surface area contributed by atoms with Crippen LogP contribution in [0, 0.1) is 0 Å². The van der Waals surface area contributed by atoms with Crippen LogP contribution in [-0.4, -0.2) is 28.0 Å². The molecule has 2 unspecified atom stereocenters. The van der Waals surface area contributed by atoms with E-state index in [9.17, 15) is 14.7 Å². The molecule has 0 saturated heterocycles. The Labute approximate surface area is 206 Å². The molecule has 1 heterocycles. The number of ether oxygens (including phenoxy) is 1. The van der Waals surface area contributed by atoms with E-state index in [1.807, 2.05) is 42.5 Å². The molecule has 2 N–H and O–H groups in total. The third-order valence-corrected chi connectivity index (χ3v) is 6.05. The molecule has 1 amide bonds. The fourth-order valence-electron chi connectivity index (χ4n) is 3.60. The molecule has 1 aromatic heterocycles. The van der Waals surface area contributed by atoms with Gasteiger partial charge in [0.25, 0.3) is 5.91 Å². The Hall–Kier alpha value is -3.61. The predicted octanol–water partition coefficient (Wildman–Crippen LogP) is 6.32. The summed E-state index contributed by atoms with van der Waals surface area (Å²) >= 11 is 12.2. The lowest BCUT2D eigenvalue weighted by molar-refractivity contribution is -0.139. The summed E-state index contributed by atoms with van der Waals surface area (Å²) in [6.45, 7) is 1.73. The van der Waals surface area contributed by atoms with E-state index in [0.717, 1.165) is 10.9 Å². The number of hydrogen-bond donors (Lipinski definition) is 2. The van der Waals surface area contributed by atoms with Gasteiger partial charge in [0.05, 0.1) is 21.1 Å². The van der Waals surface area contributed by atoms with E-state index < -0.39 is 23.8 Å². The lowest BCUT2D eigenvalue weighted by Gasteiger charge is -2.22. The molecule has 4 rings (SSSR count). The molecular weight excluding hydrogens is 475 g/mol. The van der Waals surface area contributed by atoms with Crippen LogP contribution < -0.4 is 10.1 Å². The molecule has 0 bridgehead atoms. The summed E-state index contributed by atoms with van der Waals surface area (Å²) in [5, 5.41) is 13.5. The van der Waals surface area contributed by atoms with Crippen molar-refractivity contribution in [3.63, 3.8) is 0 Å². The van der Waals surface area contributed by atoms with E-state index in [4.69, 9.17) is 27.9 Å². The van der Waals surface area contributed by atoms with E-state index in [-0.39, 0.29) is 15.6 Å². The maximum Gasteiger partial charge on any atom is 0.326 e. The van der Waals surface area contributed by atoms with Gasteiger partial charge in [-0.25, -0.2) is 9.78 Å². The molecule has 0 spiro atoms. The molecular formula is C26H20Cl2N2O4. The highest BCUT2D eigenvalue weighted by Crippen LogP contribution is 2.28. The van der Waals surface area contributed by atoms with E-state index in [0.29, 0.717) is 17.1 Å². The third-order valence-electron chi connectivity index (χ3n) is 5.42. The number of rotatable bonds is 7. The molecule has 2 atom stereocenters. The average Bonchev–Trinajstić information content (AvgIpc) is 2.82. The summed E-state index contributed by atoms with van der Waals surface area (Å²) in [4.78, 5) is 29.3. The molecule has 4 aromatic rings. The number of carboxylic acid groups (broad SMARTS) is 1. The fraction of sp³-hybridized carbons (Fsp3) is 0.115. The smallest absolute Gasteiger partial charge is 0.326 e. The van der Waals surface area contributed by atoms with Gasteiger partial charge in [0.2, 0.25) is 5.88 Å². The number of hydrogen-bond acceptors (Lipinski definition) is 4. The standard InChI is InChI=1S/C26H20Cl2N2O4/c1-15(24(26(32)33)30-25(31)23-19(27)8-5-9-20(23)28)16-10-12-21-17(14-16)11-13-22(29-21)34-18-6-3-2-4-7-18/h2-15,24H,1H3,(H,30,31)(H,32,33). The number of halogens is 2. The van der Waals surface area contributed by atoms with Gasteiger partial charge < -0.3 is 15.2 Å². The van der Waals surface area contributed by atoms with Crippen molar-refractivity contribution in [1.29, 1.82) is 0 Å². The van der Waals surface area contributed by atoms with Crippen molar-refractivity contribution in [2.45, 2.75) is 18.9 Å². The van der Waals surface area contributed by atoms with Gasteiger partial charge in [-0.2, -0.15) is 0 Å². The lowest BCUT2D eigenvalue weighted by Crippen LogP contribution is -2.44. The van der Waals surface area contributed by atoms with Crippen LogP contribution in [0.3, 0.4) is 0 Å². The second-order valence-corrected chi connectivity index (χ2v) is 8.51. The van der Waals surface area contributed by atoms with Crippen LogP contribution in [0.4, 0.5) is 0 Å². The molecule has 3 aromatic carbocycles. The van der Waals surface area contributed by atoms with Crippen LogP contribution >= 0.6 is 23.2 Å². The SMILES string of the molecule is CC(c1ccc2nc(Oc3ccccc3)ccc2c1)C(NC(=O)c1c(Cl)cccc1Cl)C(=O)O. The van der Waals surface area contributed by atoms with E-state index in [2.05, 4.69) is 10.3 Å². The number of pyridine rings is 1. The van der Waals surface area contributed by atoms with E-state index >= 15 is 0 Å². The van der Waals surface area contributed by atoms with Crippen molar-refractivity contribution in [3.8, 4) is 11.6 Å². The van der Waals surface area contributed by atoms with Crippen molar-refractivity contribution in [2.75, 3.05) is 0 Å². The lowest BCUT2D eigenvalue weighted by atomic mass is 9.92. The summed E-state index contributed by atoms with van der Waals surface area (Å²) in [6, 6.07) is 21.8. The number of carbonyl (C=O) groups excluding carboxylic acids is 1. The minimum absolute atomic E-state index is 0.0398. The first-order valence-corrected chi connectivity index (χ1v) is 11.2. The zero-order valence-electron chi connectivity index (χ0n) is 18.0. The van der Waals surface area contributed by atoms with Gasteiger partial charge in [-0.05, 0) is 48.0 Å². The van der Waals surface area contributed by atoms with Crippen LogP contribution in [0.1, 0.15) is 28.8 Å². The second kappa shape index (κ2) is 10.1. The first kappa shape index (κ1) is 23.5. The second-order valence-electron chi connectivity index (χ2n) is 7.69. The highest BCUT2D eigenvalue weighted by atomic mass is 35.5. The number of nitrogens with one attached hydrogen (secondary N) is 1. The summed E-state index contributed by atoms with van der Waals surface area (Å²) < 4.78 is 5.78. The number of aromatic nitrogens is 1. The summed E-state index contributed by atoms with van der Waals surface area (Å²) in [5.74, 6) is -1.24. The minimum Gasteiger partial charge on any atom is -0.480 e. The van der Waals surface area contributed by atoms with Gasteiger partial charge in [-0.3, -0.25) is 4.79 Å². The maximum absolute atomic E-state index is 12.8. The van der Waals surface area contributed by atoms with Crippen LogP contribution in [0.25, 0.3) is 10.9 Å². The fourth-order valence-corrected chi connectivity index (χ4v) is 4.16.